The molecule has 0 saturated carbocycles. The Labute approximate surface area is 160 Å². The molecule has 0 amide bonds. The van der Waals surface area contributed by atoms with Crippen molar-refractivity contribution in [2.75, 3.05) is 11.5 Å². The van der Waals surface area contributed by atoms with Crippen LogP contribution < -0.4 is 11.5 Å². The maximum Gasteiger partial charge on any atom is 0.172 e. The summed E-state index contributed by atoms with van der Waals surface area (Å²) in [5.41, 5.74) is 10.8. The predicted octanol–water partition coefficient (Wildman–Crippen LogP) is 4.77. The fourth-order valence-corrected chi connectivity index (χ4v) is 3.87. The maximum atomic E-state index is 5.23. The first-order chi connectivity index (χ1) is 13.7. The van der Waals surface area contributed by atoms with Crippen LogP contribution in [0.3, 0.4) is 0 Å². The van der Waals surface area contributed by atoms with Gasteiger partial charge in [0.25, 0.3) is 0 Å². The molecule has 5 heteroatoms. The Bertz CT molecular complexity index is 1250. The molecule has 5 nitrogen and oxygen atoms in total. The van der Waals surface area contributed by atoms with Gasteiger partial charge in [0.2, 0.25) is 0 Å². The molecule has 0 saturated heterocycles. The zero-order valence-corrected chi connectivity index (χ0v) is 15.0. The molecule has 4 N–H and O–H groups in total. The van der Waals surface area contributed by atoms with Crippen LogP contribution in [0.5, 0.6) is 0 Å². The lowest BCUT2D eigenvalue weighted by Crippen LogP contribution is -2.00. The summed E-state index contributed by atoms with van der Waals surface area (Å²) < 4.78 is 0. The molecule has 6 aromatic rings. The molecule has 0 atom stereocenters. The lowest BCUT2D eigenvalue weighted by atomic mass is 9.90. The van der Waals surface area contributed by atoms with Gasteiger partial charge in [-0.3, -0.25) is 0 Å². The number of hydrogen-bond acceptors (Lipinski definition) is 5. The molecule has 134 valence electrons. The second-order valence-corrected chi connectivity index (χ2v) is 6.69. The number of rotatable bonds is 0. The summed E-state index contributed by atoms with van der Waals surface area (Å²) in [6.45, 7) is 0. The molecule has 28 heavy (non-hydrogen) atoms. The Hall–Kier alpha value is -3.99. The highest BCUT2D eigenvalue weighted by Gasteiger charge is 2.11. The van der Waals surface area contributed by atoms with Crippen LogP contribution in [-0.2, 0) is 0 Å². The first-order valence-corrected chi connectivity index (χ1v) is 8.97. The number of anilines is 2. The molecular weight excluding hydrogens is 346 g/mol. The molecule has 5 aromatic carbocycles. The molecule has 0 spiro atoms. The second kappa shape index (κ2) is 6.32. The van der Waals surface area contributed by atoms with E-state index in [-0.39, 0.29) is 5.82 Å². The van der Waals surface area contributed by atoms with E-state index in [0.717, 1.165) is 0 Å². The highest BCUT2D eigenvalue weighted by Crippen LogP contribution is 2.39. The average molecular weight is 363 g/mol. The van der Waals surface area contributed by atoms with Crippen LogP contribution >= 0.6 is 0 Å². The van der Waals surface area contributed by atoms with Gasteiger partial charge < -0.3 is 11.5 Å². The van der Waals surface area contributed by atoms with E-state index in [2.05, 4.69) is 88.2 Å². The van der Waals surface area contributed by atoms with Crippen molar-refractivity contribution >= 4 is 54.6 Å². The van der Waals surface area contributed by atoms with Gasteiger partial charge in [0.1, 0.15) is 0 Å². The Morgan fingerprint density at radius 1 is 0.571 bits per heavy atom. The van der Waals surface area contributed by atoms with Gasteiger partial charge in [-0.25, -0.2) is 0 Å². The summed E-state index contributed by atoms with van der Waals surface area (Å²) in [7, 11) is 0. The molecule has 0 aliphatic heterocycles. The number of nitrogens with two attached hydrogens (primary N) is 2. The van der Waals surface area contributed by atoms with Gasteiger partial charge in [-0.2, -0.15) is 0 Å². The van der Waals surface area contributed by atoms with E-state index in [1.807, 2.05) is 0 Å². The largest absolute Gasteiger partial charge is 0.394 e. The van der Waals surface area contributed by atoms with Crippen molar-refractivity contribution in [2.45, 2.75) is 0 Å². The van der Waals surface area contributed by atoms with Gasteiger partial charge in [0.15, 0.2) is 5.82 Å². The topological polar surface area (TPSA) is 90.7 Å². The van der Waals surface area contributed by atoms with Crippen molar-refractivity contribution in [3.8, 4) is 0 Å². The van der Waals surface area contributed by atoms with Crippen LogP contribution in [0, 0.1) is 0 Å². The van der Waals surface area contributed by atoms with Gasteiger partial charge in [0.05, 0.1) is 11.9 Å². The average Bonchev–Trinajstić information content (AvgIpc) is 2.74. The van der Waals surface area contributed by atoms with E-state index in [9.17, 15) is 0 Å². The zero-order valence-electron chi connectivity index (χ0n) is 15.0. The number of nitrogens with zero attached hydrogens (tertiary/aromatic N) is 3. The number of hydrogen-bond donors (Lipinski definition) is 2. The Morgan fingerprint density at radius 3 is 1.32 bits per heavy atom. The Morgan fingerprint density at radius 2 is 1.00 bits per heavy atom. The van der Waals surface area contributed by atoms with Gasteiger partial charge in [0, 0.05) is 0 Å². The van der Waals surface area contributed by atoms with Crippen molar-refractivity contribution < 1.29 is 0 Å². The van der Waals surface area contributed by atoms with Crippen LogP contribution in [-0.4, -0.2) is 15.4 Å². The molecule has 0 fully saturated rings. The van der Waals surface area contributed by atoms with E-state index in [4.69, 9.17) is 11.5 Å². The second-order valence-electron chi connectivity index (χ2n) is 6.69. The predicted molar refractivity (Wildman–Crippen MR) is 116 cm³/mol. The van der Waals surface area contributed by atoms with Gasteiger partial charge in [-0.1, -0.05) is 72.8 Å². The first kappa shape index (κ1) is 16.2. The van der Waals surface area contributed by atoms with E-state index in [1.165, 1.54) is 49.3 Å². The van der Waals surface area contributed by atoms with Crippen LogP contribution in [0.2, 0.25) is 0 Å². The Kier molecular flexibility index (Phi) is 3.66. The monoisotopic (exact) mass is 363 g/mol. The van der Waals surface area contributed by atoms with Crippen molar-refractivity contribution in [2.24, 2.45) is 0 Å². The fourth-order valence-electron chi connectivity index (χ4n) is 3.87. The summed E-state index contributed by atoms with van der Waals surface area (Å²) in [6.07, 6.45) is 1.35. The van der Waals surface area contributed by atoms with Crippen LogP contribution in [0.1, 0.15) is 0 Å². The van der Waals surface area contributed by atoms with Crippen LogP contribution in [0.15, 0.2) is 79.0 Å². The third-order valence-corrected chi connectivity index (χ3v) is 5.09. The molecule has 0 bridgehead atoms. The van der Waals surface area contributed by atoms with Crippen molar-refractivity contribution in [3.63, 3.8) is 0 Å². The molecule has 0 radical (unpaired) electrons. The maximum absolute atomic E-state index is 5.23. The lowest BCUT2D eigenvalue weighted by Gasteiger charge is -2.13. The number of nitrogen functional groups attached to an aromatic ring is 2. The SMILES string of the molecule is Nc1cnnnc1N.c1cc2cccc3c4cccc5cccc(c(c1)c23)c54. The number of aromatic nitrogens is 3. The molecule has 0 aliphatic carbocycles. The van der Waals surface area contributed by atoms with Crippen molar-refractivity contribution in [3.05, 3.63) is 79.0 Å². The molecule has 0 unspecified atom stereocenters. The highest BCUT2D eigenvalue weighted by molar-refractivity contribution is 6.32. The molecule has 1 heterocycles. The normalized spacial score (nSPS) is 11.1. The van der Waals surface area contributed by atoms with E-state index < -0.39 is 0 Å². The summed E-state index contributed by atoms with van der Waals surface area (Å²) >= 11 is 0. The zero-order chi connectivity index (χ0) is 19.1. The molecule has 1 aromatic heterocycles. The quantitative estimate of drug-likeness (QED) is 0.299. The minimum atomic E-state index is 0.222. The first-order valence-electron chi connectivity index (χ1n) is 8.97. The fraction of sp³-hybridized carbons (Fsp3) is 0. The summed E-state index contributed by atoms with van der Waals surface area (Å²) in [6, 6.07) is 26.4. The minimum absolute atomic E-state index is 0.222. The third-order valence-electron chi connectivity index (χ3n) is 5.09. The van der Waals surface area contributed by atoms with Gasteiger partial charge >= 0.3 is 0 Å². The van der Waals surface area contributed by atoms with Crippen molar-refractivity contribution in [1.82, 2.24) is 15.4 Å². The van der Waals surface area contributed by atoms with Gasteiger partial charge in [-0.15, -0.1) is 10.2 Å². The van der Waals surface area contributed by atoms with Crippen molar-refractivity contribution in [1.29, 1.82) is 0 Å². The lowest BCUT2D eigenvalue weighted by molar-refractivity contribution is 0.876. The van der Waals surface area contributed by atoms with E-state index in [1.54, 1.807) is 0 Å². The number of fused-ring (bicyclic) bond motifs is 2. The Balaban J connectivity index is 0.000000181. The smallest absolute Gasteiger partial charge is 0.172 e. The summed E-state index contributed by atoms with van der Waals surface area (Å²) in [4.78, 5) is 0. The number of benzene rings is 5. The molecular formula is C23H17N5. The van der Waals surface area contributed by atoms with Gasteiger partial charge in [-0.05, 0) is 48.3 Å². The minimum Gasteiger partial charge on any atom is -0.394 e. The van der Waals surface area contributed by atoms with E-state index >= 15 is 0 Å². The van der Waals surface area contributed by atoms with E-state index in [0.29, 0.717) is 5.69 Å². The third kappa shape index (κ3) is 2.45. The standard InChI is InChI=1S/C20H12.C3H5N5/c1-5-13-6-2-11-17-18-12-4-8-14-7-3-10-16(20(14)18)15(9-1)19(13)17;4-2-1-6-8-7-3(2)5/h1-12H;1H,(H2,4,8)(H2,5,6,7). The molecule has 6 rings (SSSR count). The highest BCUT2D eigenvalue weighted by atomic mass is 15.3. The van der Waals surface area contributed by atoms with Crippen LogP contribution in [0.25, 0.3) is 43.1 Å². The van der Waals surface area contributed by atoms with Crippen LogP contribution in [0.4, 0.5) is 11.5 Å². The summed E-state index contributed by atoms with van der Waals surface area (Å²) in [5.74, 6) is 0.222. The summed E-state index contributed by atoms with van der Waals surface area (Å²) in [5, 5.41) is 20.9. The molecule has 0 aliphatic rings.